The Morgan fingerprint density at radius 3 is 2.57 bits per heavy atom. The van der Waals surface area contributed by atoms with E-state index in [9.17, 15) is 4.79 Å². The fraction of sp³-hybridized carbons (Fsp3) is 0.300. The van der Waals surface area contributed by atoms with Gasteiger partial charge in [0, 0.05) is 4.90 Å². The van der Waals surface area contributed by atoms with Crippen LogP contribution in [0.1, 0.15) is 11.7 Å². The number of rotatable bonds is 2. The Hall–Kier alpha value is -1.16. The van der Waals surface area contributed by atoms with Crippen LogP contribution in [0, 0.1) is 0 Å². The van der Waals surface area contributed by atoms with Crippen LogP contribution in [0.3, 0.4) is 0 Å². The van der Waals surface area contributed by atoms with E-state index in [0.29, 0.717) is 6.61 Å². The summed E-state index contributed by atoms with van der Waals surface area (Å²) < 4.78 is 9.66. The number of cyclic esters (lactones) is 2. The first-order valence-electron chi connectivity index (χ1n) is 4.27. The largest absolute Gasteiger partial charge is 0.509 e. The van der Waals surface area contributed by atoms with Gasteiger partial charge in [0.15, 0.2) is 6.10 Å². The topological polar surface area (TPSA) is 35.5 Å². The van der Waals surface area contributed by atoms with Crippen LogP contribution >= 0.6 is 11.8 Å². The van der Waals surface area contributed by atoms with Crippen molar-refractivity contribution in [3.63, 3.8) is 0 Å². The average molecular weight is 210 g/mol. The Kier molecular flexibility index (Phi) is 2.63. The zero-order valence-electron chi connectivity index (χ0n) is 7.73. The molecule has 74 valence electrons. The fourth-order valence-corrected chi connectivity index (χ4v) is 1.72. The number of ether oxygens (including phenoxy) is 2. The SMILES string of the molecule is CSc1ccc(C2COC(=O)O2)cc1. The molecule has 3 nitrogen and oxygen atoms in total. The van der Waals surface area contributed by atoms with Crippen LogP contribution in [-0.2, 0) is 9.47 Å². The normalized spacial score (nSPS) is 20.4. The second kappa shape index (κ2) is 3.92. The first-order valence-corrected chi connectivity index (χ1v) is 5.49. The first-order chi connectivity index (χ1) is 6.79. The number of hydrogen-bond donors (Lipinski definition) is 0. The third kappa shape index (κ3) is 1.85. The fourth-order valence-electron chi connectivity index (χ4n) is 1.31. The van der Waals surface area contributed by atoms with Gasteiger partial charge in [-0.1, -0.05) is 12.1 Å². The lowest BCUT2D eigenvalue weighted by molar-refractivity contribution is 0.118. The van der Waals surface area contributed by atoms with Crippen LogP contribution in [-0.4, -0.2) is 19.0 Å². The van der Waals surface area contributed by atoms with Crippen molar-refractivity contribution in [2.45, 2.75) is 11.0 Å². The van der Waals surface area contributed by atoms with Gasteiger partial charge in [0.05, 0.1) is 0 Å². The Labute approximate surface area is 86.4 Å². The Bertz CT molecular complexity index is 334. The highest BCUT2D eigenvalue weighted by Crippen LogP contribution is 2.25. The van der Waals surface area contributed by atoms with E-state index in [2.05, 4.69) is 0 Å². The van der Waals surface area contributed by atoms with Crippen molar-refractivity contribution in [2.75, 3.05) is 12.9 Å². The molecular formula is C10H10O3S. The minimum Gasteiger partial charge on any atom is -0.430 e. The zero-order chi connectivity index (χ0) is 9.97. The van der Waals surface area contributed by atoms with Gasteiger partial charge in [0.25, 0.3) is 0 Å². The highest BCUT2D eigenvalue weighted by molar-refractivity contribution is 7.98. The van der Waals surface area contributed by atoms with E-state index in [1.165, 1.54) is 4.90 Å². The van der Waals surface area contributed by atoms with Crippen molar-refractivity contribution < 1.29 is 14.3 Å². The van der Waals surface area contributed by atoms with Gasteiger partial charge in [-0.15, -0.1) is 11.8 Å². The van der Waals surface area contributed by atoms with Crippen molar-refractivity contribution in [2.24, 2.45) is 0 Å². The second-order valence-electron chi connectivity index (χ2n) is 2.94. The van der Waals surface area contributed by atoms with Crippen LogP contribution in [0.5, 0.6) is 0 Å². The van der Waals surface area contributed by atoms with Crippen molar-refractivity contribution in [3.8, 4) is 0 Å². The van der Waals surface area contributed by atoms with E-state index in [1.807, 2.05) is 30.5 Å². The average Bonchev–Trinajstić information content (AvgIpc) is 2.65. The highest BCUT2D eigenvalue weighted by Gasteiger charge is 2.26. The second-order valence-corrected chi connectivity index (χ2v) is 3.82. The van der Waals surface area contributed by atoms with Crippen molar-refractivity contribution in [1.82, 2.24) is 0 Å². The van der Waals surface area contributed by atoms with Gasteiger partial charge < -0.3 is 9.47 Å². The highest BCUT2D eigenvalue weighted by atomic mass is 32.2. The minimum atomic E-state index is -0.580. The van der Waals surface area contributed by atoms with E-state index in [4.69, 9.17) is 9.47 Å². The predicted octanol–water partition coefficient (Wildman–Crippen LogP) is 2.62. The monoisotopic (exact) mass is 210 g/mol. The minimum absolute atomic E-state index is 0.238. The van der Waals surface area contributed by atoms with E-state index >= 15 is 0 Å². The Morgan fingerprint density at radius 1 is 1.36 bits per heavy atom. The summed E-state index contributed by atoms with van der Waals surface area (Å²) in [5.41, 5.74) is 0.980. The summed E-state index contributed by atoms with van der Waals surface area (Å²) in [6.07, 6.45) is 1.20. The predicted molar refractivity (Wildman–Crippen MR) is 53.4 cm³/mol. The third-order valence-corrected chi connectivity index (χ3v) is 2.82. The number of carbonyl (C=O) groups excluding carboxylic acids is 1. The molecule has 0 radical (unpaired) electrons. The van der Waals surface area contributed by atoms with Crippen molar-refractivity contribution >= 4 is 17.9 Å². The Morgan fingerprint density at radius 2 is 2.07 bits per heavy atom. The molecule has 14 heavy (non-hydrogen) atoms. The zero-order valence-corrected chi connectivity index (χ0v) is 8.54. The molecule has 0 N–H and O–H groups in total. The summed E-state index contributed by atoms with van der Waals surface area (Å²) in [5.74, 6) is 0. The molecule has 1 heterocycles. The van der Waals surface area contributed by atoms with Crippen LogP contribution in [0.25, 0.3) is 0 Å². The summed E-state index contributed by atoms with van der Waals surface area (Å²) >= 11 is 1.68. The van der Waals surface area contributed by atoms with E-state index in [1.54, 1.807) is 11.8 Å². The van der Waals surface area contributed by atoms with Gasteiger partial charge in [-0.25, -0.2) is 4.79 Å². The van der Waals surface area contributed by atoms with E-state index < -0.39 is 6.16 Å². The number of carbonyl (C=O) groups is 1. The van der Waals surface area contributed by atoms with E-state index in [-0.39, 0.29) is 6.10 Å². The molecule has 1 aromatic rings. The number of hydrogen-bond acceptors (Lipinski definition) is 4. The molecule has 1 unspecified atom stereocenters. The van der Waals surface area contributed by atoms with Gasteiger partial charge >= 0.3 is 6.16 Å². The number of thioether (sulfide) groups is 1. The molecule has 1 aromatic carbocycles. The van der Waals surface area contributed by atoms with Gasteiger partial charge in [-0.3, -0.25) is 0 Å². The molecule has 4 heteroatoms. The first kappa shape index (κ1) is 9.40. The maximum absolute atomic E-state index is 10.7. The molecular weight excluding hydrogens is 200 g/mol. The lowest BCUT2D eigenvalue weighted by atomic mass is 10.1. The summed E-state index contributed by atoms with van der Waals surface area (Å²) in [6, 6.07) is 7.93. The summed E-state index contributed by atoms with van der Waals surface area (Å²) in [5, 5.41) is 0. The molecule has 1 aliphatic heterocycles. The smallest absolute Gasteiger partial charge is 0.430 e. The molecule has 0 aromatic heterocycles. The quantitative estimate of drug-likeness (QED) is 0.555. The Balaban J connectivity index is 2.13. The van der Waals surface area contributed by atoms with Crippen molar-refractivity contribution in [1.29, 1.82) is 0 Å². The lowest BCUT2D eigenvalue weighted by Crippen LogP contribution is -1.99. The van der Waals surface area contributed by atoms with Crippen LogP contribution in [0.2, 0.25) is 0 Å². The maximum atomic E-state index is 10.7. The van der Waals surface area contributed by atoms with Gasteiger partial charge in [0.2, 0.25) is 0 Å². The van der Waals surface area contributed by atoms with E-state index in [0.717, 1.165) is 5.56 Å². The molecule has 0 amide bonds. The molecule has 1 saturated heterocycles. The lowest BCUT2D eigenvalue weighted by Gasteiger charge is -2.06. The number of benzene rings is 1. The van der Waals surface area contributed by atoms with Gasteiger partial charge in [-0.2, -0.15) is 0 Å². The molecule has 0 spiro atoms. The standard InChI is InChI=1S/C10H10O3S/c1-14-8-4-2-7(3-5-8)9-6-12-10(11)13-9/h2-5,9H,6H2,1H3. The molecule has 0 saturated carbocycles. The van der Waals surface area contributed by atoms with Crippen LogP contribution in [0.15, 0.2) is 29.2 Å². The molecule has 0 aliphatic carbocycles. The molecule has 1 aliphatic rings. The van der Waals surface area contributed by atoms with Crippen LogP contribution < -0.4 is 0 Å². The van der Waals surface area contributed by atoms with Crippen molar-refractivity contribution in [3.05, 3.63) is 29.8 Å². The molecule has 1 atom stereocenters. The van der Waals surface area contributed by atoms with Gasteiger partial charge in [-0.05, 0) is 24.0 Å². The third-order valence-electron chi connectivity index (χ3n) is 2.08. The summed E-state index contributed by atoms with van der Waals surface area (Å²) in [6.45, 7) is 0.317. The molecule has 1 fully saturated rings. The van der Waals surface area contributed by atoms with Crippen LogP contribution in [0.4, 0.5) is 4.79 Å². The molecule has 2 rings (SSSR count). The summed E-state index contributed by atoms with van der Waals surface area (Å²) in [4.78, 5) is 11.9. The molecule has 0 bridgehead atoms. The van der Waals surface area contributed by atoms with Gasteiger partial charge in [0.1, 0.15) is 6.61 Å². The maximum Gasteiger partial charge on any atom is 0.509 e. The summed E-state index contributed by atoms with van der Waals surface area (Å²) in [7, 11) is 0.